The number of rotatable bonds is 8. The SMILES string of the molecule is FC(F)OCCC(c1ccc(Br)cn1)n1cc(-c2cnnn2C(F)F)cn1. The van der Waals surface area contributed by atoms with Gasteiger partial charge in [0.15, 0.2) is 0 Å². The van der Waals surface area contributed by atoms with Crippen LogP contribution in [0.3, 0.4) is 0 Å². The van der Waals surface area contributed by atoms with Gasteiger partial charge in [0.05, 0.1) is 36.4 Å². The van der Waals surface area contributed by atoms with Crippen molar-refractivity contribution in [3.8, 4) is 11.3 Å². The molecule has 0 aliphatic rings. The minimum Gasteiger partial charge on any atom is -0.323 e. The van der Waals surface area contributed by atoms with Crippen LogP contribution in [0, 0.1) is 0 Å². The normalized spacial score (nSPS) is 12.9. The number of aromatic nitrogens is 6. The Labute approximate surface area is 159 Å². The van der Waals surface area contributed by atoms with E-state index in [1.807, 2.05) is 0 Å². The topological polar surface area (TPSA) is 70.7 Å². The standard InChI is InChI=1S/C15H13BrF4N6O/c16-10-1-2-11(21-6-10)12(3-4-27-15(19)20)25-8-9(5-23-25)13-7-22-24-26(13)14(17)18/h1-2,5-8,12,14-15H,3-4H2. The Balaban J connectivity index is 1.89. The van der Waals surface area contributed by atoms with Crippen molar-refractivity contribution in [1.82, 2.24) is 29.8 Å². The van der Waals surface area contributed by atoms with Crippen LogP contribution in [0.1, 0.15) is 24.7 Å². The zero-order valence-electron chi connectivity index (χ0n) is 13.6. The number of halogens is 5. The molecule has 7 nitrogen and oxygen atoms in total. The van der Waals surface area contributed by atoms with E-state index >= 15 is 0 Å². The lowest BCUT2D eigenvalue weighted by molar-refractivity contribution is -0.130. The quantitative estimate of drug-likeness (QED) is 0.488. The summed E-state index contributed by atoms with van der Waals surface area (Å²) in [6.07, 6.45) is 5.80. The van der Waals surface area contributed by atoms with Crippen molar-refractivity contribution in [2.45, 2.75) is 25.6 Å². The summed E-state index contributed by atoms with van der Waals surface area (Å²) in [6.45, 7) is -5.97. The van der Waals surface area contributed by atoms with Gasteiger partial charge in [0.25, 0.3) is 0 Å². The Morgan fingerprint density at radius 1 is 1.11 bits per heavy atom. The van der Waals surface area contributed by atoms with Crippen LogP contribution in [0.5, 0.6) is 0 Å². The van der Waals surface area contributed by atoms with E-state index in [4.69, 9.17) is 0 Å². The minimum atomic E-state index is -2.89. The van der Waals surface area contributed by atoms with Gasteiger partial charge in [-0.25, -0.2) is 0 Å². The van der Waals surface area contributed by atoms with E-state index in [9.17, 15) is 17.6 Å². The zero-order valence-corrected chi connectivity index (χ0v) is 15.2. The van der Waals surface area contributed by atoms with E-state index in [2.05, 4.69) is 41.1 Å². The first-order valence-corrected chi connectivity index (χ1v) is 8.49. The highest BCUT2D eigenvalue weighted by Gasteiger charge is 2.20. The summed E-state index contributed by atoms with van der Waals surface area (Å²) in [6, 6.07) is 2.94. The fourth-order valence-electron chi connectivity index (χ4n) is 2.50. The summed E-state index contributed by atoms with van der Waals surface area (Å²) in [5.74, 6) is 0. The molecule has 0 radical (unpaired) electrons. The van der Waals surface area contributed by atoms with E-state index in [0.717, 1.165) is 4.47 Å². The van der Waals surface area contributed by atoms with Crippen molar-refractivity contribution in [2.75, 3.05) is 6.61 Å². The van der Waals surface area contributed by atoms with Crippen molar-refractivity contribution >= 4 is 15.9 Å². The minimum absolute atomic E-state index is 0.0857. The van der Waals surface area contributed by atoms with Crippen LogP contribution in [0.4, 0.5) is 17.6 Å². The molecule has 0 saturated carbocycles. The van der Waals surface area contributed by atoms with Gasteiger partial charge in [-0.2, -0.15) is 27.3 Å². The Bertz CT molecular complexity index is 869. The molecule has 3 aromatic heterocycles. The molecule has 0 bridgehead atoms. The number of hydrogen-bond donors (Lipinski definition) is 0. The van der Waals surface area contributed by atoms with Crippen molar-refractivity contribution in [1.29, 1.82) is 0 Å². The van der Waals surface area contributed by atoms with E-state index in [1.165, 1.54) is 23.3 Å². The molecule has 3 heterocycles. The van der Waals surface area contributed by atoms with Gasteiger partial charge in [-0.1, -0.05) is 5.21 Å². The first-order chi connectivity index (χ1) is 13.0. The van der Waals surface area contributed by atoms with Crippen LogP contribution in [0.15, 0.2) is 41.4 Å². The number of ether oxygens (including phenoxy) is 1. The van der Waals surface area contributed by atoms with Crippen LogP contribution >= 0.6 is 15.9 Å². The first-order valence-electron chi connectivity index (χ1n) is 7.69. The van der Waals surface area contributed by atoms with E-state index in [1.54, 1.807) is 18.3 Å². The number of alkyl halides is 4. The van der Waals surface area contributed by atoms with Crippen LogP contribution < -0.4 is 0 Å². The average Bonchev–Trinajstić information content (AvgIpc) is 3.28. The van der Waals surface area contributed by atoms with Crippen LogP contribution in [0.25, 0.3) is 11.3 Å². The fraction of sp³-hybridized carbons (Fsp3) is 0.333. The summed E-state index contributed by atoms with van der Waals surface area (Å²) in [7, 11) is 0. The molecule has 0 N–H and O–H groups in total. The lowest BCUT2D eigenvalue weighted by Crippen LogP contribution is -2.16. The lowest BCUT2D eigenvalue weighted by atomic mass is 10.1. The highest BCUT2D eigenvalue weighted by Crippen LogP contribution is 2.26. The molecule has 0 saturated heterocycles. The summed E-state index contributed by atoms with van der Waals surface area (Å²) in [4.78, 5) is 4.27. The Kier molecular flexibility index (Phi) is 6.16. The van der Waals surface area contributed by atoms with Gasteiger partial charge in [-0.15, -0.1) is 5.10 Å². The van der Waals surface area contributed by atoms with Gasteiger partial charge >= 0.3 is 13.2 Å². The van der Waals surface area contributed by atoms with Crippen LogP contribution in [-0.4, -0.2) is 43.0 Å². The Hall–Kier alpha value is -2.34. The van der Waals surface area contributed by atoms with E-state index in [-0.39, 0.29) is 18.7 Å². The highest BCUT2D eigenvalue weighted by molar-refractivity contribution is 9.10. The second-order valence-electron chi connectivity index (χ2n) is 5.39. The van der Waals surface area contributed by atoms with Gasteiger partial charge in [-0.05, 0) is 34.5 Å². The second kappa shape index (κ2) is 8.57. The molecule has 1 atom stereocenters. The third-order valence-corrected chi connectivity index (χ3v) is 4.17. The number of hydrogen-bond acceptors (Lipinski definition) is 5. The van der Waals surface area contributed by atoms with Crippen molar-refractivity contribution in [2.24, 2.45) is 0 Å². The average molecular weight is 449 g/mol. The molecule has 0 amide bonds. The summed E-state index contributed by atoms with van der Waals surface area (Å²) in [5.41, 5.74) is 1.01. The highest BCUT2D eigenvalue weighted by atomic mass is 79.9. The molecule has 12 heteroatoms. The molecular formula is C15H13BrF4N6O. The van der Waals surface area contributed by atoms with Crippen LogP contribution in [0.2, 0.25) is 0 Å². The number of nitrogens with zero attached hydrogens (tertiary/aromatic N) is 6. The molecule has 144 valence electrons. The molecule has 0 aromatic carbocycles. The predicted molar refractivity (Wildman–Crippen MR) is 89.1 cm³/mol. The third kappa shape index (κ3) is 4.69. The maximum atomic E-state index is 13.0. The van der Waals surface area contributed by atoms with Crippen molar-refractivity contribution in [3.63, 3.8) is 0 Å². The van der Waals surface area contributed by atoms with Gasteiger partial charge in [0.2, 0.25) is 0 Å². The summed E-state index contributed by atoms with van der Waals surface area (Å²) in [5, 5.41) is 11.0. The molecule has 27 heavy (non-hydrogen) atoms. The predicted octanol–water partition coefficient (Wildman–Crippen LogP) is 3.91. The maximum Gasteiger partial charge on any atom is 0.345 e. The van der Waals surface area contributed by atoms with Crippen LogP contribution in [-0.2, 0) is 4.74 Å². The maximum absolute atomic E-state index is 13.0. The molecule has 3 aromatic rings. The first kappa shape index (κ1) is 19.4. The third-order valence-electron chi connectivity index (χ3n) is 3.70. The monoisotopic (exact) mass is 448 g/mol. The van der Waals surface area contributed by atoms with E-state index in [0.29, 0.717) is 15.9 Å². The van der Waals surface area contributed by atoms with Crippen molar-refractivity contribution < 1.29 is 22.3 Å². The molecule has 3 rings (SSSR count). The molecule has 1 unspecified atom stereocenters. The smallest absolute Gasteiger partial charge is 0.323 e. The molecular weight excluding hydrogens is 436 g/mol. The Morgan fingerprint density at radius 2 is 1.93 bits per heavy atom. The summed E-state index contributed by atoms with van der Waals surface area (Å²) >= 11 is 3.28. The van der Waals surface area contributed by atoms with Gasteiger partial charge in [0.1, 0.15) is 0 Å². The molecule has 0 fully saturated rings. The summed E-state index contributed by atoms with van der Waals surface area (Å²) < 4.78 is 57.6. The lowest BCUT2D eigenvalue weighted by Gasteiger charge is -2.17. The largest absolute Gasteiger partial charge is 0.345 e. The zero-order chi connectivity index (χ0) is 19.4. The molecule has 0 aliphatic carbocycles. The van der Waals surface area contributed by atoms with Gasteiger partial charge in [-0.3, -0.25) is 9.67 Å². The van der Waals surface area contributed by atoms with Crippen molar-refractivity contribution in [3.05, 3.63) is 47.1 Å². The Morgan fingerprint density at radius 3 is 2.59 bits per heavy atom. The fourth-order valence-corrected chi connectivity index (χ4v) is 2.74. The molecule has 0 aliphatic heterocycles. The van der Waals surface area contributed by atoms with Gasteiger partial charge in [0, 0.05) is 22.4 Å². The van der Waals surface area contributed by atoms with E-state index < -0.39 is 19.2 Å². The van der Waals surface area contributed by atoms with Gasteiger partial charge < -0.3 is 4.74 Å². The number of pyridine rings is 1. The molecule has 0 spiro atoms. The second-order valence-corrected chi connectivity index (χ2v) is 6.30.